The summed E-state index contributed by atoms with van der Waals surface area (Å²) in [6, 6.07) is 69.8. The normalized spacial score (nSPS) is 11.9. The topological polar surface area (TPSA) is 26.9 Å². The number of hydrogen-bond donors (Lipinski definition) is 0. The van der Waals surface area contributed by atoms with E-state index in [-0.39, 0.29) is 0 Å². The molecular weight excluding hydrogens is 695 g/mol. The van der Waals surface area contributed by atoms with Gasteiger partial charge in [-0.2, -0.15) is 4.57 Å². The van der Waals surface area contributed by atoms with Gasteiger partial charge in [0, 0.05) is 62.3 Å². The zero-order valence-electron chi connectivity index (χ0n) is 30.9. The number of nitrogens with zero attached hydrogens (tertiary/aromatic N) is 3. The molecule has 0 unspecified atom stereocenters. The molecule has 12 aromatic rings. The molecule has 4 heterocycles. The van der Waals surface area contributed by atoms with E-state index in [0.29, 0.717) is 0 Å². The predicted octanol–water partition coefficient (Wildman–Crippen LogP) is 13.4. The van der Waals surface area contributed by atoms with Crippen molar-refractivity contribution >= 4 is 65.6 Å². The Labute approximate surface area is 328 Å². The molecule has 0 amide bonds. The zero-order valence-corrected chi connectivity index (χ0v) is 30.9. The van der Waals surface area contributed by atoms with Gasteiger partial charge in [-0.3, -0.25) is 0 Å². The smallest absolute Gasteiger partial charge is 0.210 e. The number of furan rings is 1. The first-order chi connectivity index (χ1) is 28.3. The molecule has 0 saturated carbocycles. The highest BCUT2D eigenvalue weighted by molar-refractivity contribution is 6.16. The maximum absolute atomic E-state index is 6.30. The van der Waals surface area contributed by atoms with E-state index in [9.17, 15) is 0 Å². The summed E-state index contributed by atoms with van der Waals surface area (Å²) in [5.41, 5.74) is 14.7. The van der Waals surface area contributed by atoms with E-state index in [2.05, 4.69) is 208 Å². The summed E-state index contributed by atoms with van der Waals surface area (Å²) < 4.78 is 13.2. The van der Waals surface area contributed by atoms with E-state index in [1.165, 1.54) is 65.9 Å². The average Bonchev–Trinajstić information content (AvgIpc) is 3.94. The van der Waals surface area contributed by atoms with E-state index in [0.717, 1.165) is 39.0 Å². The van der Waals surface area contributed by atoms with Gasteiger partial charge in [-0.15, -0.1) is 0 Å². The second kappa shape index (κ2) is 12.4. The lowest BCUT2D eigenvalue weighted by molar-refractivity contribution is -0.595. The van der Waals surface area contributed by atoms with Crippen molar-refractivity contribution in [3.8, 4) is 39.3 Å². The Morgan fingerprint density at radius 1 is 0.351 bits per heavy atom. The van der Waals surface area contributed by atoms with Crippen LogP contribution in [0.4, 0.5) is 0 Å². The van der Waals surface area contributed by atoms with Crippen LogP contribution in [0.2, 0.25) is 0 Å². The first-order valence-electron chi connectivity index (χ1n) is 19.4. The van der Waals surface area contributed by atoms with Gasteiger partial charge < -0.3 is 13.6 Å². The monoisotopic (exact) mass is 728 g/mol. The van der Waals surface area contributed by atoms with Crippen molar-refractivity contribution < 1.29 is 8.98 Å². The highest BCUT2D eigenvalue weighted by atomic mass is 16.3. The van der Waals surface area contributed by atoms with Crippen molar-refractivity contribution in [2.75, 3.05) is 0 Å². The molecule has 4 heteroatoms. The van der Waals surface area contributed by atoms with Crippen molar-refractivity contribution in [3.05, 3.63) is 207 Å². The number of rotatable bonds is 5. The zero-order chi connectivity index (χ0) is 37.5. The highest BCUT2D eigenvalue weighted by Gasteiger charge is 2.19. The second-order valence-electron chi connectivity index (χ2n) is 14.8. The predicted molar refractivity (Wildman–Crippen MR) is 235 cm³/mol. The van der Waals surface area contributed by atoms with Gasteiger partial charge in [0.25, 0.3) is 0 Å². The highest BCUT2D eigenvalue weighted by Crippen LogP contribution is 2.42. The lowest BCUT2D eigenvalue weighted by Gasteiger charge is -2.09. The fourth-order valence-electron chi connectivity index (χ4n) is 9.01. The van der Waals surface area contributed by atoms with Crippen LogP contribution < -0.4 is 4.57 Å². The minimum Gasteiger partial charge on any atom is -0.456 e. The molecule has 57 heavy (non-hydrogen) atoms. The Kier molecular flexibility index (Phi) is 6.89. The van der Waals surface area contributed by atoms with E-state index >= 15 is 0 Å². The van der Waals surface area contributed by atoms with E-state index in [1.54, 1.807) is 0 Å². The summed E-state index contributed by atoms with van der Waals surface area (Å²) >= 11 is 0. The molecule has 0 atom stereocenters. The van der Waals surface area contributed by atoms with Gasteiger partial charge in [0.2, 0.25) is 5.69 Å². The van der Waals surface area contributed by atoms with Crippen LogP contribution in [0.25, 0.3) is 105 Å². The third-order valence-corrected chi connectivity index (χ3v) is 11.6. The number of para-hydroxylation sites is 4. The molecule has 0 fully saturated rings. The third-order valence-electron chi connectivity index (χ3n) is 11.6. The van der Waals surface area contributed by atoms with Crippen molar-refractivity contribution in [3.63, 3.8) is 0 Å². The Hall–Kier alpha value is -7.69. The Bertz CT molecular complexity index is 3500. The number of fused-ring (bicyclic) bond motifs is 9. The summed E-state index contributed by atoms with van der Waals surface area (Å²) in [5.74, 6) is 0. The molecule has 4 aromatic heterocycles. The van der Waals surface area contributed by atoms with Gasteiger partial charge in [0.15, 0.2) is 12.4 Å². The minimum absolute atomic E-state index is 0.905. The van der Waals surface area contributed by atoms with Crippen molar-refractivity contribution in [2.24, 2.45) is 0 Å². The van der Waals surface area contributed by atoms with Crippen LogP contribution in [-0.4, -0.2) is 9.13 Å². The molecule has 0 saturated heterocycles. The standard InChI is InChI=1S/C53H34N3O/c1-3-12-38(13-4-1)54-30-28-40(29-31-54)56-47-19-9-7-16-42(47)44-32-35(22-25-48(44)56)36-23-26-49-45(33-36)46-34-37(24-27-50(46)55(49)39-14-5-2-6-15-39)41-18-11-21-52-53(41)43-17-8-10-20-51(43)57-52/h1-34H/q+1. The van der Waals surface area contributed by atoms with Crippen LogP contribution in [0.5, 0.6) is 0 Å². The fourth-order valence-corrected chi connectivity index (χ4v) is 9.01. The molecule has 4 nitrogen and oxygen atoms in total. The summed E-state index contributed by atoms with van der Waals surface area (Å²) in [5, 5.41) is 7.19. The first kappa shape index (κ1) is 31.6. The van der Waals surface area contributed by atoms with Gasteiger partial charge in [-0.25, -0.2) is 0 Å². The second-order valence-corrected chi connectivity index (χ2v) is 14.8. The maximum atomic E-state index is 6.30. The van der Waals surface area contributed by atoms with E-state index < -0.39 is 0 Å². The summed E-state index contributed by atoms with van der Waals surface area (Å²) in [4.78, 5) is 0. The molecule has 0 aliphatic carbocycles. The molecule has 8 aromatic carbocycles. The molecular formula is C53H34N3O+. The van der Waals surface area contributed by atoms with Crippen molar-refractivity contribution in [1.82, 2.24) is 9.13 Å². The molecule has 12 rings (SSSR count). The minimum atomic E-state index is 0.905. The largest absolute Gasteiger partial charge is 0.456 e. The average molecular weight is 729 g/mol. The van der Waals surface area contributed by atoms with Crippen LogP contribution in [0.3, 0.4) is 0 Å². The van der Waals surface area contributed by atoms with Crippen LogP contribution in [-0.2, 0) is 0 Å². The van der Waals surface area contributed by atoms with Crippen LogP contribution >= 0.6 is 0 Å². The number of pyridine rings is 1. The maximum Gasteiger partial charge on any atom is 0.210 e. The van der Waals surface area contributed by atoms with E-state index in [4.69, 9.17) is 4.42 Å². The van der Waals surface area contributed by atoms with Gasteiger partial charge in [-0.05, 0) is 89.0 Å². The van der Waals surface area contributed by atoms with Crippen LogP contribution in [0, 0.1) is 0 Å². The van der Waals surface area contributed by atoms with Gasteiger partial charge in [-0.1, -0.05) is 103 Å². The Balaban J connectivity index is 1.04. The number of benzene rings is 8. The molecule has 0 aliphatic rings. The third kappa shape index (κ3) is 4.91. The number of aromatic nitrogens is 3. The SMILES string of the molecule is c1ccc(-n2c3ccc(-c4ccc5c(c4)c4ccccc4n5-c4cc[n+](-c5ccccc5)cc4)cc3c3cc(-c4cccc5oc6ccccc6c45)ccc32)cc1. The lowest BCUT2D eigenvalue weighted by atomic mass is 9.97. The fraction of sp³-hybridized carbons (Fsp3) is 0. The first-order valence-corrected chi connectivity index (χ1v) is 19.4. The van der Waals surface area contributed by atoms with Crippen molar-refractivity contribution in [1.29, 1.82) is 0 Å². The summed E-state index contributed by atoms with van der Waals surface area (Å²) in [6.45, 7) is 0. The molecule has 266 valence electrons. The van der Waals surface area contributed by atoms with E-state index in [1.807, 2.05) is 12.1 Å². The Morgan fingerprint density at radius 2 is 0.860 bits per heavy atom. The molecule has 0 aliphatic heterocycles. The van der Waals surface area contributed by atoms with Gasteiger partial charge >= 0.3 is 0 Å². The summed E-state index contributed by atoms with van der Waals surface area (Å²) in [7, 11) is 0. The Morgan fingerprint density at radius 3 is 1.56 bits per heavy atom. The molecule has 0 bridgehead atoms. The van der Waals surface area contributed by atoms with Gasteiger partial charge in [0.05, 0.1) is 27.8 Å². The summed E-state index contributed by atoms with van der Waals surface area (Å²) in [6.07, 6.45) is 4.29. The van der Waals surface area contributed by atoms with Crippen LogP contribution in [0.1, 0.15) is 0 Å². The van der Waals surface area contributed by atoms with Gasteiger partial charge in [0.1, 0.15) is 11.2 Å². The molecule has 0 spiro atoms. The number of hydrogen-bond acceptors (Lipinski definition) is 1. The quantitative estimate of drug-likeness (QED) is 0.162. The molecule has 0 radical (unpaired) electrons. The lowest BCUT2D eigenvalue weighted by Crippen LogP contribution is -2.29. The van der Waals surface area contributed by atoms with Crippen molar-refractivity contribution in [2.45, 2.75) is 0 Å². The van der Waals surface area contributed by atoms with Crippen LogP contribution in [0.15, 0.2) is 211 Å². The molecule has 0 N–H and O–H groups in total.